The number of carbonyl (C=O) groups is 2. The molecule has 1 amide bonds. The SMILES string of the molecule is COc1ccc(-c2cc(C(=O)N[C@@H]3CC[C@H](C(=O)O)C3)sc2C)cc1. The summed E-state index contributed by atoms with van der Waals surface area (Å²) in [6, 6.07) is 9.60. The van der Waals surface area contributed by atoms with Gasteiger partial charge in [0.1, 0.15) is 5.75 Å². The van der Waals surface area contributed by atoms with Gasteiger partial charge in [0.15, 0.2) is 0 Å². The average Bonchev–Trinajstić information content (AvgIpc) is 3.22. The monoisotopic (exact) mass is 359 g/mol. The van der Waals surface area contributed by atoms with Crippen molar-refractivity contribution < 1.29 is 19.4 Å². The van der Waals surface area contributed by atoms with Crippen molar-refractivity contribution in [1.82, 2.24) is 5.32 Å². The van der Waals surface area contributed by atoms with Gasteiger partial charge in [-0.2, -0.15) is 0 Å². The molecule has 3 rings (SSSR count). The molecule has 1 saturated carbocycles. The summed E-state index contributed by atoms with van der Waals surface area (Å²) in [5.41, 5.74) is 2.08. The first-order chi connectivity index (χ1) is 12.0. The molecule has 1 heterocycles. The summed E-state index contributed by atoms with van der Waals surface area (Å²) in [7, 11) is 1.63. The van der Waals surface area contributed by atoms with E-state index < -0.39 is 5.97 Å². The second kappa shape index (κ2) is 7.27. The van der Waals surface area contributed by atoms with Crippen molar-refractivity contribution in [2.45, 2.75) is 32.2 Å². The molecule has 1 fully saturated rings. The van der Waals surface area contributed by atoms with Gasteiger partial charge < -0.3 is 15.2 Å². The Morgan fingerprint density at radius 1 is 1.24 bits per heavy atom. The molecule has 1 aliphatic carbocycles. The predicted molar refractivity (Wildman–Crippen MR) is 97.3 cm³/mol. The number of ether oxygens (including phenoxy) is 1. The number of benzene rings is 1. The van der Waals surface area contributed by atoms with E-state index in [0.717, 1.165) is 28.2 Å². The Morgan fingerprint density at radius 3 is 2.56 bits per heavy atom. The first-order valence-electron chi connectivity index (χ1n) is 8.26. The third kappa shape index (κ3) is 3.85. The zero-order chi connectivity index (χ0) is 18.0. The maximum Gasteiger partial charge on any atom is 0.306 e. The van der Waals surface area contributed by atoms with Crippen LogP contribution in [0.2, 0.25) is 0 Å². The van der Waals surface area contributed by atoms with Crippen molar-refractivity contribution in [2.75, 3.05) is 7.11 Å². The molecule has 0 radical (unpaired) electrons. The number of rotatable bonds is 5. The molecule has 0 saturated heterocycles. The maximum absolute atomic E-state index is 12.5. The van der Waals surface area contributed by atoms with Gasteiger partial charge in [-0.05, 0) is 55.5 Å². The minimum absolute atomic E-state index is 0.0551. The lowest BCUT2D eigenvalue weighted by Gasteiger charge is -2.11. The molecular weight excluding hydrogens is 338 g/mol. The molecule has 25 heavy (non-hydrogen) atoms. The summed E-state index contributed by atoms with van der Waals surface area (Å²) in [5.74, 6) is -0.441. The highest BCUT2D eigenvalue weighted by Gasteiger charge is 2.31. The molecule has 5 nitrogen and oxygen atoms in total. The average molecular weight is 359 g/mol. The predicted octanol–water partition coefficient (Wildman–Crippen LogP) is 3.72. The van der Waals surface area contributed by atoms with E-state index >= 15 is 0 Å². The van der Waals surface area contributed by atoms with Crippen LogP contribution in [0.25, 0.3) is 11.1 Å². The zero-order valence-corrected chi connectivity index (χ0v) is 15.1. The molecule has 2 aromatic rings. The van der Waals surface area contributed by atoms with E-state index in [0.29, 0.717) is 17.7 Å². The molecule has 2 atom stereocenters. The fourth-order valence-corrected chi connectivity index (χ4v) is 4.19. The number of carbonyl (C=O) groups excluding carboxylic acids is 1. The molecule has 2 N–H and O–H groups in total. The third-order valence-electron chi connectivity index (χ3n) is 4.66. The molecule has 6 heteroatoms. The molecule has 0 bridgehead atoms. The third-order valence-corrected chi connectivity index (χ3v) is 5.71. The summed E-state index contributed by atoms with van der Waals surface area (Å²) in [4.78, 5) is 25.3. The molecular formula is C19H21NO4S. The highest BCUT2D eigenvalue weighted by molar-refractivity contribution is 7.14. The number of aryl methyl sites for hydroxylation is 1. The maximum atomic E-state index is 12.5. The summed E-state index contributed by atoms with van der Waals surface area (Å²) in [6.45, 7) is 2.00. The zero-order valence-electron chi connectivity index (χ0n) is 14.2. The van der Waals surface area contributed by atoms with Gasteiger partial charge in [-0.3, -0.25) is 9.59 Å². The van der Waals surface area contributed by atoms with E-state index in [-0.39, 0.29) is 17.9 Å². The van der Waals surface area contributed by atoms with Crippen LogP contribution >= 0.6 is 11.3 Å². The van der Waals surface area contributed by atoms with E-state index in [1.165, 1.54) is 11.3 Å². The second-order valence-electron chi connectivity index (χ2n) is 6.33. The van der Waals surface area contributed by atoms with Crippen LogP contribution in [0.5, 0.6) is 5.75 Å². The minimum Gasteiger partial charge on any atom is -0.497 e. The van der Waals surface area contributed by atoms with E-state index in [9.17, 15) is 9.59 Å². The smallest absolute Gasteiger partial charge is 0.306 e. The van der Waals surface area contributed by atoms with E-state index in [1.54, 1.807) is 7.11 Å². The van der Waals surface area contributed by atoms with Crippen LogP contribution in [0.4, 0.5) is 0 Å². The Morgan fingerprint density at radius 2 is 1.96 bits per heavy atom. The fourth-order valence-electron chi connectivity index (χ4n) is 3.24. The van der Waals surface area contributed by atoms with E-state index in [4.69, 9.17) is 9.84 Å². The van der Waals surface area contributed by atoms with E-state index in [2.05, 4.69) is 5.32 Å². The van der Waals surface area contributed by atoms with Crippen LogP contribution in [-0.4, -0.2) is 30.1 Å². The van der Waals surface area contributed by atoms with E-state index in [1.807, 2.05) is 37.3 Å². The first kappa shape index (κ1) is 17.5. The van der Waals surface area contributed by atoms with Crippen molar-refractivity contribution in [3.8, 4) is 16.9 Å². The lowest BCUT2D eigenvalue weighted by Crippen LogP contribution is -2.32. The first-order valence-corrected chi connectivity index (χ1v) is 9.08. The van der Waals surface area contributed by atoms with Crippen molar-refractivity contribution in [3.63, 3.8) is 0 Å². The van der Waals surface area contributed by atoms with Gasteiger partial charge in [0.05, 0.1) is 17.9 Å². The largest absolute Gasteiger partial charge is 0.497 e. The van der Waals surface area contributed by atoms with Crippen LogP contribution in [0, 0.1) is 12.8 Å². The topological polar surface area (TPSA) is 75.6 Å². The quantitative estimate of drug-likeness (QED) is 0.853. The molecule has 1 aliphatic rings. The van der Waals surface area contributed by atoms with Crippen LogP contribution in [0.15, 0.2) is 30.3 Å². The number of carboxylic acid groups (broad SMARTS) is 1. The Balaban J connectivity index is 1.71. The van der Waals surface area contributed by atoms with Crippen molar-refractivity contribution in [3.05, 3.63) is 40.1 Å². The van der Waals surface area contributed by atoms with Crippen LogP contribution in [0.3, 0.4) is 0 Å². The number of methoxy groups -OCH3 is 1. The van der Waals surface area contributed by atoms with Crippen LogP contribution in [-0.2, 0) is 4.79 Å². The highest BCUT2D eigenvalue weighted by Crippen LogP contribution is 2.32. The lowest BCUT2D eigenvalue weighted by atomic mass is 10.1. The molecule has 0 aliphatic heterocycles. The van der Waals surface area contributed by atoms with Gasteiger partial charge in [0.2, 0.25) is 0 Å². The van der Waals surface area contributed by atoms with Crippen LogP contribution in [0.1, 0.15) is 33.8 Å². The standard InChI is InChI=1S/C19H21NO4S/c1-11-16(12-4-7-15(24-2)8-5-12)10-17(25-11)18(21)20-14-6-3-13(9-14)19(22)23/h4-5,7-8,10,13-14H,3,6,9H2,1-2H3,(H,20,21)(H,22,23)/t13-,14+/m0/s1. The summed E-state index contributed by atoms with van der Waals surface area (Å²) >= 11 is 1.46. The Hall–Kier alpha value is -2.34. The van der Waals surface area contributed by atoms with Crippen LogP contribution < -0.4 is 10.1 Å². The minimum atomic E-state index is -0.773. The number of thiophene rings is 1. The summed E-state index contributed by atoms with van der Waals surface area (Å²) in [6.07, 6.45) is 1.86. The van der Waals surface area contributed by atoms with Gasteiger partial charge in [-0.1, -0.05) is 12.1 Å². The van der Waals surface area contributed by atoms with Crippen molar-refractivity contribution in [2.24, 2.45) is 5.92 Å². The number of carboxylic acids is 1. The van der Waals surface area contributed by atoms with Crippen molar-refractivity contribution in [1.29, 1.82) is 0 Å². The van der Waals surface area contributed by atoms with Gasteiger partial charge in [0.25, 0.3) is 5.91 Å². The van der Waals surface area contributed by atoms with Gasteiger partial charge >= 0.3 is 5.97 Å². The summed E-state index contributed by atoms with van der Waals surface area (Å²) in [5, 5.41) is 12.0. The Kier molecular flexibility index (Phi) is 5.08. The van der Waals surface area contributed by atoms with Crippen molar-refractivity contribution >= 4 is 23.2 Å². The number of nitrogens with one attached hydrogen (secondary N) is 1. The normalized spacial score (nSPS) is 19.6. The molecule has 1 aromatic heterocycles. The lowest BCUT2D eigenvalue weighted by molar-refractivity contribution is -0.141. The number of hydrogen-bond acceptors (Lipinski definition) is 4. The van der Waals surface area contributed by atoms with Gasteiger partial charge in [0, 0.05) is 10.9 Å². The fraction of sp³-hybridized carbons (Fsp3) is 0.368. The Bertz CT molecular complexity index is 781. The van der Waals surface area contributed by atoms with Gasteiger partial charge in [-0.15, -0.1) is 11.3 Å². The number of aliphatic carboxylic acids is 1. The molecule has 132 valence electrons. The Labute approximate surface area is 150 Å². The molecule has 0 spiro atoms. The number of amides is 1. The summed E-state index contributed by atoms with van der Waals surface area (Å²) < 4.78 is 5.18. The molecule has 1 aromatic carbocycles. The molecule has 0 unspecified atom stereocenters. The number of hydrogen-bond donors (Lipinski definition) is 2. The van der Waals surface area contributed by atoms with Gasteiger partial charge in [-0.25, -0.2) is 0 Å². The second-order valence-corrected chi connectivity index (χ2v) is 7.58. The highest BCUT2D eigenvalue weighted by atomic mass is 32.1.